The van der Waals surface area contributed by atoms with Crippen LogP contribution in [-0.2, 0) is 30.3 Å². The second-order valence-electron chi connectivity index (χ2n) is 6.84. The number of anilines is 1. The number of rotatable bonds is 5. The van der Waals surface area contributed by atoms with Crippen LogP contribution in [0.5, 0.6) is 5.75 Å². The highest BCUT2D eigenvalue weighted by Gasteiger charge is 2.42. The smallest absolute Gasteiger partial charge is 0.433 e. The zero-order valence-electron chi connectivity index (χ0n) is 17.0. The normalized spacial score (nSPS) is 12.3. The van der Waals surface area contributed by atoms with Crippen molar-refractivity contribution < 1.29 is 26.3 Å². The predicted molar refractivity (Wildman–Crippen MR) is 110 cm³/mol. The zero-order chi connectivity index (χ0) is 23.3. The maximum absolute atomic E-state index is 14.1. The van der Waals surface area contributed by atoms with E-state index in [2.05, 4.69) is 19.9 Å². The molecule has 4 aromatic rings. The Morgan fingerprint density at radius 3 is 2.44 bits per heavy atom. The molecular formula is C19H17F3N6O3S. The third-order valence-corrected chi connectivity index (χ3v) is 6.15. The molecule has 0 radical (unpaired) electrons. The summed E-state index contributed by atoms with van der Waals surface area (Å²) in [5, 5.41) is 8.52. The maximum atomic E-state index is 14.1. The number of benzene rings is 1. The van der Waals surface area contributed by atoms with Crippen molar-refractivity contribution in [2.24, 2.45) is 14.1 Å². The topological polar surface area (TPSA) is 104 Å². The molecule has 0 bridgehead atoms. The van der Waals surface area contributed by atoms with E-state index in [0.29, 0.717) is 15.6 Å². The van der Waals surface area contributed by atoms with Crippen LogP contribution in [0.1, 0.15) is 5.69 Å². The summed E-state index contributed by atoms with van der Waals surface area (Å²) in [4.78, 5) is 3.53. The molecule has 0 aliphatic carbocycles. The Kier molecular flexibility index (Phi) is 5.07. The number of aryl methyl sites for hydroxylation is 2. The van der Waals surface area contributed by atoms with Gasteiger partial charge in [0.15, 0.2) is 11.5 Å². The average Bonchev–Trinajstić information content (AvgIpc) is 3.27. The zero-order valence-corrected chi connectivity index (χ0v) is 17.9. The predicted octanol–water partition coefficient (Wildman–Crippen LogP) is 3.20. The van der Waals surface area contributed by atoms with E-state index >= 15 is 0 Å². The molecule has 0 unspecified atom stereocenters. The Morgan fingerprint density at radius 1 is 1.06 bits per heavy atom. The van der Waals surface area contributed by atoms with Crippen molar-refractivity contribution in [3.8, 4) is 16.9 Å². The van der Waals surface area contributed by atoms with Crippen molar-refractivity contribution in [1.82, 2.24) is 24.5 Å². The molecule has 0 aliphatic rings. The monoisotopic (exact) mass is 466 g/mol. The highest BCUT2D eigenvalue weighted by atomic mass is 32.2. The Balaban J connectivity index is 2.05. The van der Waals surface area contributed by atoms with Gasteiger partial charge in [-0.25, -0.2) is 8.42 Å². The number of alkyl halides is 3. The van der Waals surface area contributed by atoms with Crippen LogP contribution >= 0.6 is 0 Å². The molecule has 0 amide bonds. The number of fused-ring (bicyclic) bond motifs is 1. The molecule has 3 heterocycles. The van der Waals surface area contributed by atoms with E-state index in [1.807, 2.05) is 0 Å². The lowest BCUT2D eigenvalue weighted by Crippen LogP contribution is -2.15. The quantitative estimate of drug-likeness (QED) is 0.485. The Hall–Kier alpha value is -3.61. The summed E-state index contributed by atoms with van der Waals surface area (Å²) in [6.45, 7) is 0. The molecule has 0 saturated heterocycles. The second-order valence-corrected chi connectivity index (χ2v) is 8.52. The molecule has 9 nitrogen and oxygen atoms in total. The lowest BCUT2D eigenvalue weighted by molar-refractivity contribution is -0.143. The van der Waals surface area contributed by atoms with Crippen LogP contribution in [-0.4, -0.2) is 40.1 Å². The van der Waals surface area contributed by atoms with Crippen molar-refractivity contribution in [2.45, 2.75) is 11.1 Å². The molecule has 168 valence electrons. The molecule has 13 heteroatoms. The minimum atomic E-state index is -4.85. The number of halogens is 3. The molecule has 32 heavy (non-hydrogen) atoms. The van der Waals surface area contributed by atoms with Gasteiger partial charge in [0, 0.05) is 31.9 Å². The minimum absolute atomic E-state index is 0.00862. The van der Waals surface area contributed by atoms with Gasteiger partial charge in [0.1, 0.15) is 10.6 Å². The van der Waals surface area contributed by atoms with E-state index in [9.17, 15) is 21.6 Å². The first-order valence-corrected chi connectivity index (χ1v) is 10.6. The van der Waals surface area contributed by atoms with Crippen LogP contribution in [0, 0.1) is 0 Å². The fourth-order valence-electron chi connectivity index (χ4n) is 3.51. The fraction of sp³-hybridized carbons (Fsp3) is 0.211. The van der Waals surface area contributed by atoms with E-state index in [1.54, 1.807) is 13.1 Å². The van der Waals surface area contributed by atoms with Crippen LogP contribution in [0.25, 0.3) is 22.0 Å². The number of nitrogens with one attached hydrogen (secondary N) is 1. The average molecular weight is 466 g/mol. The lowest BCUT2D eigenvalue weighted by Gasteiger charge is -2.15. The number of methoxy groups -OCH3 is 1. The van der Waals surface area contributed by atoms with Gasteiger partial charge in [-0.15, -0.1) is 0 Å². The molecule has 0 aliphatic heterocycles. The van der Waals surface area contributed by atoms with Crippen molar-refractivity contribution in [1.29, 1.82) is 0 Å². The van der Waals surface area contributed by atoms with Gasteiger partial charge >= 0.3 is 6.18 Å². The van der Waals surface area contributed by atoms with Crippen LogP contribution in [0.2, 0.25) is 0 Å². The fourth-order valence-corrected chi connectivity index (χ4v) is 4.48. The number of hydrogen-bond donors (Lipinski definition) is 1. The van der Waals surface area contributed by atoms with Crippen LogP contribution < -0.4 is 9.46 Å². The third kappa shape index (κ3) is 3.53. The van der Waals surface area contributed by atoms with Crippen LogP contribution in [0.4, 0.5) is 19.0 Å². The Bertz CT molecular complexity index is 1410. The molecule has 0 saturated carbocycles. The van der Waals surface area contributed by atoms with Gasteiger partial charge in [0.2, 0.25) is 0 Å². The summed E-state index contributed by atoms with van der Waals surface area (Å²) in [5.74, 6) is -0.405. The van der Waals surface area contributed by atoms with E-state index in [0.717, 1.165) is 13.2 Å². The highest BCUT2D eigenvalue weighted by Crippen LogP contribution is 2.47. The maximum Gasteiger partial charge on any atom is 0.433 e. The van der Waals surface area contributed by atoms with Crippen LogP contribution in [0.15, 0.2) is 47.8 Å². The summed E-state index contributed by atoms with van der Waals surface area (Å²) in [7, 11) is -0.320. The lowest BCUT2D eigenvalue weighted by atomic mass is 10.0. The first-order chi connectivity index (χ1) is 15.0. The van der Waals surface area contributed by atoms with Crippen molar-refractivity contribution >= 4 is 26.7 Å². The largest absolute Gasteiger partial charge is 0.496 e. The van der Waals surface area contributed by atoms with Gasteiger partial charge < -0.3 is 4.74 Å². The molecule has 1 N–H and O–H groups in total. The summed E-state index contributed by atoms with van der Waals surface area (Å²) in [6, 6.07) is 5.80. The Labute approximate surface area is 180 Å². The van der Waals surface area contributed by atoms with Gasteiger partial charge in [-0.05, 0) is 24.3 Å². The summed E-state index contributed by atoms with van der Waals surface area (Å²) in [6.07, 6.45) is -0.902. The number of ether oxygens (including phenoxy) is 1. The first-order valence-electron chi connectivity index (χ1n) is 9.10. The van der Waals surface area contributed by atoms with Gasteiger partial charge in [-0.1, -0.05) is 0 Å². The molecule has 4 rings (SSSR count). The van der Waals surface area contributed by atoms with Crippen molar-refractivity contribution in [2.75, 3.05) is 11.8 Å². The van der Waals surface area contributed by atoms with Gasteiger partial charge in [-0.2, -0.15) is 23.4 Å². The molecule has 3 aromatic heterocycles. The first kappa shape index (κ1) is 21.6. The number of nitrogens with zero attached hydrogens (tertiary/aromatic N) is 5. The summed E-state index contributed by atoms with van der Waals surface area (Å²) in [5.41, 5.74) is -1.29. The molecule has 1 aromatic carbocycles. The van der Waals surface area contributed by atoms with Gasteiger partial charge in [-0.3, -0.25) is 19.1 Å². The van der Waals surface area contributed by atoms with E-state index in [-0.39, 0.29) is 16.2 Å². The minimum Gasteiger partial charge on any atom is -0.496 e. The number of pyridine rings is 1. The SMILES string of the molecule is COc1ccc2cnn(C)c2c1-c1c(NS(=O)(=O)c2cccnc2)nn(C)c1C(F)(F)F. The number of aromatic nitrogens is 5. The second kappa shape index (κ2) is 7.51. The molecule has 0 fully saturated rings. The van der Waals surface area contributed by atoms with Crippen molar-refractivity contribution in [3.63, 3.8) is 0 Å². The number of sulfonamides is 1. The third-order valence-electron chi connectivity index (χ3n) is 4.83. The highest BCUT2D eigenvalue weighted by molar-refractivity contribution is 7.92. The number of hydrogen-bond acceptors (Lipinski definition) is 6. The van der Waals surface area contributed by atoms with E-state index in [1.165, 1.54) is 42.4 Å². The van der Waals surface area contributed by atoms with Crippen LogP contribution in [0.3, 0.4) is 0 Å². The van der Waals surface area contributed by atoms with E-state index in [4.69, 9.17) is 4.74 Å². The van der Waals surface area contributed by atoms with Gasteiger partial charge in [0.05, 0.1) is 30.0 Å². The summed E-state index contributed by atoms with van der Waals surface area (Å²) < 4.78 is 77.6. The molecule has 0 spiro atoms. The van der Waals surface area contributed by atoms with Crippen molar-refractivity contribution in [3.05, 3.63) is 48.5 Å². The van der Waals surface area contributed by atoms with E-state index < -0.39 is 33.3 Å². The Morgan fingerprint density at radius 2 is 1.81 bits per heavy atom. The standard InChI is InChI=1S/C19H17F3N6O3S/c1-27-16-11(9-24-27)6-7-13(31-3)14(16)15-17(19(20,21)22)28(2)25-18(15)26-32(29,30)12-5-4-8-23-10-12/h4-10H,1-3H3,(H,25,26). The van der Waals surface area contributed by atoms with Gasteiger partial charge in [0.25, 0.3) is 10.0 Å². The molecular weight excluding hydrogens is 449 g/mol. The summed E-state index contributed by atoms with van der Waals surface area (Å²) >= 11 is 0. The molecule has 0 atom stereocenters.